The summed E-state index contributed by atoms with van der Waals surface area (Å²) in [6.07, 6.45) is 8.12. The zero-order valence-corrected chi connectivity index (χ0v) is 12.9. The molecule has 4 saturated carbocycles. The van der Waals surface area contributed by atoms with Crippen molar-refractivity contribution in [2.45, 2.75) is 64.3 Å². The van der Waals surface area contributed by atoms with Crippen molar-refractivity contribution in [1.82, 2.24) is 5.32 Å². The van der Waals surface area contributed by atoms with Gasteiger partial charge in [0, 0.05) is 5.92 Å². The fourth-order valence-corrected chi connectivity index (χ4v) is 5.39. The molecule has 0 aliphatic heterocycles. The summed E-state index contributed by atoms with van der Waals surface area (Å²) in [6.45, 7) is 4.16. The van der Waals surface area contributed by atoms with E-state index in [0.29, 0.717) is 11.8 Å². The van der Waals surface area contributed by atoms with Gasteiger partial charge in [0.1, 0.15) is 0 Å². The molecule has 0 aromatic rings. The van der Waals surface area contributed by atoms with Crippen LogP contribution in [0, 0.1) is 29.6 Å². The Morgan fingerprint density at radius 3 is 1.95 bits per heavy atom. The number of rotatable bonds is 5. The minimum absolute atomic E-state index is 0.0546. The third-order valence-corrected chi connectivity index (χ3v) is 6.57. The van der Waals surface area contributed by atoms with E-state index in [4.69, 9.17) is 0 Å². The predicted octanol–water partition coefficient (Wildman–Crippen LogP) is 2.73. The summed E-state index contributed by atoms with van der Waals surface area (Å²) in [5.74, 6) is 3.51. The molecular weight excluding hydrogens is 250 g/mol. The first kappa shape index (κ1) is 14.4. The molecule has 20 heavy (non-hydrogen) atoms. The molecule has 1 amide bonds. The van der Waals surface area contributed by atoms with Gasteiger partial charge in [-0.05, 0) is 68.6 Å². The Labute approximate surface area is 122 Å². The number of hydrogen-bond donors (Lipinski definition) is 2. The van der Waals surface area contributed by atoms with Crippen molar-refractivity contribution >= 4 is 5.91 Å². The lowest BCUT2D eigenvalue weighted by atomic mass is 9.51. The van der Waals surface area contributed by atoms with Crippen molar-refractivity contribution in [3.05, 3.63) is 0 Å². The zero-order chi connectivity index (χ0) is 14.3. The molecular formula is C17H29NO2. The molecule has 2 N–H and O–H groups in total. The van der Waals surface area contributed by atoms with Crippen molar-refractivity contribution in [2.75, 3.05) is 6.61 Å². The molecule has 3 heteroatoms. The van der Waals surface area contributed by atoms with Crippen LogP contribution in [0.1, 0.15) is 58.8 Å². The van der Waals surface area contributed by atoms with E-state index in [0.717, 1.165) is 24.7 Å². The molecule has 0 radical (unpaired) electrons. The van der Waals surface area contributed by atoms with E-state index in [1.54, 1.807) is 0 Å². The Kier molecular flexibility index (Phi) is 3.83. The zero-order valence-electron chi connectivity index (χ0n) is 12.9. The Bertz CT molecular complexity index is 339. The van der Waals surface area contributed by atoms with Gasteiger partial charge in [-0.3, -0.25) is 4.79 Å². The first-order valence-corrected chi connectivity index (χ1v) is 8.53. The smallest absolute Gasteiger partial charge is 0.224 e. The molecule has 0 atom stereocenters. The van der Waals surface area contributed by atoms with Gasteiger partial charge in [0.05, 0.1) is 12.1 Å². The molecule has 0 spiro atoms. The molecule has 0 unspecified atom stereocenters. The van der Waals surface area contributed by atoms with Gasteiger partial charge in [0.25, 0.3) is 0 Å². The largest absolute Gasteiger partial charge is 0.394 e. The van der Waals surface area contributed by atoms with E-state index < -0.39 is 5.54 Å². The summed E-state index contributed by atoms with van der Waals surface area (Å²) in [5.41, 5.74) is -0.397. The van der Waals surface area contributed by atoms with Crippen LogP contribution >= 0.6 is 0 Å². The minimum atomic E-state index is -0.397. The highest BCUT2D eigenvalue weighted by atomic mass is 16.3. The summed E-state index contributed by atoms with van der Waals surface area (Å²) < 4.78 is 0. The summed E-state index contributed by atoms with van der Waals surface area (Å²) >= 11 is 0. The van der Waals surface area contributed by atoms with Gasteiger partial charge >= 0.3 is 0 Å². The molecule has 0 aromatic carbocycles. The lowest BCUT2D eigenvalue weighted by Gasteiger charge is -2.54. The molecule has 114 valence electrons. The van der Waals surface area contributed by atoms with E-state index in [1.807, 2.05) is 0 Å². The molecule has 0 saturated heterocycles. The second kappa shape index (κ2) is 5.32. The van der Waals surface area contributed by atoms with Gasteiger partial charge in [-0.15, -0.1) is 0 Å². The molecule has 4 aliphatic carbocycles. The highest BCUT2D eigenvalue weighted by Gasteiger charge is 2.51. The van der Waals surface area contributed by atoms with Gasteiger partial charge in [-0.2, -0.15) is 0 Å². The van der Waals surface area contributed by atoms with Crippen LogP contribution in [-0.2, 0) is 4.79 Å². The molecule has 3 nitrogen and oxygen atoms in total. The SMILES string of the molecule is CCC(CC)(CO)NC(=O)C1C2CC3CC(C2)CC1C3. The maximum Gasteiger partial charge on any atom is 0.224 e. The van der Waals surface area contributed by atoms with Gasteiger partial charge in [0.15, 0.2) is 0 Å². The first-order valence-electron chi connectivity index (χ1n) is 8.53. The standard InChI is InChI=1S/C17H29NO2/c1-3-17(4-2,10-19)18-16(20)15-13-6-11-5-12(8-13)9-14(15)7-11/h11-15,19H,3-10H2,1-2H3,(H,18,20). The molecule has 0 heterocycles. The number of hydrogen-bond acceptors (Lipinski definition) is 2. The second-order valence-electron chi connectivity index (χ2n) is 7.59. The third kappa shape index (κ3) is 2.28. The van der Waals surface area contributed by atoms with Crippen molar-refractivity contribution in [2.24, 2.45) is 29.6 Å². The summed E-state index contributed by atoms with van der Waals surface area (Å²) in [6, 6.07) is 0. The van der Waals surface area contributed by atoms with Crippen LogP contribution in [0.2, 0.25) is 0 Å². The van der Waals surface area contributed by atoms with E-state index in [-0.39, 0.29) is 18.4 Å². The van der Waals surface area contributed by atoms with E-state index in [9.17, 15) is 9.90 Å². The van der Waals surface area contributed by atoms with Crippen LogP contribution in [-0.4, -0.2) is 23.2 Å². The Balaban J connectivity index is 1.71. The van der Waals surface area contributed by atoms with Crippen LogP contribution in [0.3, 0.4) is 0 Å². The van der Waals surface area contributed by atoms with Crippen LogP contribution in [0.25, 0.3) is 0 Å². The van der Waals surface area contributed by atoms with Crippen LogP contribution in [0.15, 0.2) is 0 Å². The highest BCUT2D eigenvalue weighted by Crippen LogP contribution is 2.56. The quantitative estimate of drug-likeness (QED) is 0.813. The van der Waals surface area contributed by atoms with Crippen molar-refractivity contribution in [1.29, 1.82) is 0 Å². The lowest BCUT2D eigenvalue weighted by Crippen LogP contribution is -2.57. The summed E-state index contributed by atoms with van der Waals surface area (Å²) in [7, 11) is 0. The number of carbonyl (C=O) groups is 1. The Morgan fingerprint density at radius 1 is 1.05 bits per heavy atom. The third-order valence-electron chi connectivity index (χ3n) is 6.57. The minimum Gasteiger partial charge on any atom is -0.394 e. The highest BCUT2D eigenvalue weighted by molar-refractivity contribution is 5.80. The molecule has 4 bridgehead atoms. The fraction of sp³-hybridized carbons (Fsp3) is 0.941. The van der Waals surface area contributed by atoms with Gasteiger partial charge in [0.2, 0.25) is 5.91 Å². The van der Waals surface area contributed by atoms with Gasteiger partial charge < -0.3 is 10.4 Å². The number of aliphatic hydroxyl groups excluding tert-OH is 1. The number of amides is 1. The maximum absolute atomic E-state index is 12.8. The number of nitrogens with one attached hydrogen (secondary N) is 1. The molecule has 0 aromatic heterocycles. The van der Waals surface area contributed by atoms with E-state index in [1.165, 1.54) is 32.1 Å². The fourth-order valence-electron chi connectivity index (χ4n) is 5.39. The number of aliphatic hydroxyl groups is 1. The van der Waals surface area contributed by atoms with E-state index in [2.05, 4.69) is 19.2 Å². The monoisotopic (exact) mass is 279 g/mol. The normalized spacial score (nSPS) is 39.0. The first-order chi connectivity index (χ1) is 9.60. The average molecular weight is 279 g/mol. The van der Waals surface area contributed by atoms with Gasteiger partial charge in [-0.25, -0.2) is 0 Å². The van der Waals surface area contributed by atoms with Crippen LogP contribution in [0.5, 0.6) is 0 Å². The van der Waals surface area contributed by atoms with Crippen LogP contribution < -0.4 is 5.32 Å². The van der Waals surface area contributed by atoms with Crippen molar-refractivity contribution < 1.29 is 9.90 Å². The lowest BCUT2D eigenvalue weighted by molar-refractivity contribution is -0.140. The predicted molar refractivity (Wildman–Crippen MR) is 79.1 cm³/mol. The second-order valence-corrected chi connectivity index (χ2v) is 7.59. The molecule has 4 rings (SSSR count). The van der Waals surface area contributed by atoms with Crippen molar-refractivity contribution in [3.8, 4) is 0 Å². The summed E-state index contributed by atoms with van der Waals surface area (Å²) in [4.78, 5) is 12.8. The molecule has 4 aliphatic rings. The van der Waals surface area contributed by atoms with Gasteiger partial charge in [-0.1, -0.05) is 13.8 Å². The topological polar surface area (TPSA) is 49.3 Å². The van der Waals surface area contributed by atoms with Crippen molar-refractivity contribution in [3.63, 3.8) is 0 Å². The number of carbonyl (C=O) groups excluding carboxylic acids is 1. The maximum atomic E-state index is 12.8. The Hall–Kier alpha value is -0.570. The van der Waals surface area contributed by atoms with E-state index >= 15 is 0 Å². The van der Waals surface area contributed by atoms with Crippen LogP contribution in [0.4, 0.5) is 0 Å². The average Bonchev–Trinajstić information content (AvgIpc) is 2.44. The summed E-state index contributed by atoms with van der Waals surface area (Å²) in [5, 5.41) is 12.9. The Morgan fingerprint density at radius 2 is 1.55 bits per heavy atom. The molecule has 4 fully saturated rings.